The molecule has 0 spiro atoms. The number of hydrogen-bond acceptors (Lipinski definition) is 5. The molecule has 1 atom stereocenters. The van der Waals surface area contributed by atoms with Crippen molar-refractivity contribution in [3.63, 3.8) is 0 Å². The van der Waals surface area contributed by atoms with Gasteiger partial charge in [-0.05, 0) is 47.6 Å². The fraction of sp³-hybridized carbons (Fsp3) is 0.240. The molecule has 2 aromatic heterocycles. The summed E-state index contributed by atoms with van der Waals surface area (Å²) >= 11 is 0. The zero-order chi connectivity index (χ0) is 22.2. The first kappa shape index (κ1) is 20.1. The molecule has 1 aliphatic rings. The summed E-state index contributed by atoms with van der Waals surface area (Å²) in [5, 5.41) is 9.28. The van der Waals surface area contributed by atoms with E-state index in [-0.39, 0.29) is 11.8 Å². The number of aryl methyl sites for hydroxylation is 1. The van der Waals surface area contributed by atoms with Gasteiger partial charge in [0.1, 0.15) is 5.82 Å². The highest BCUT2D eigenvalue weighted by Gasteiger charge is 2.32. The summed E-state index contributed by atoms with van der Waals surface area (Å²) in [7, 11) is 5.15. The van der Waals surface area contributed by atoms with Crippen molar-refractivity contribution >= 4 is 22.5 Å². The maximum Gasteiger partial charge on any atom is 0.233 e. The summed E-state index contributed by atoms with van der Waals surface area (Å²) in [6.07, 6.45) is 7.10. The number of nitrogens with one attached hydrogen (secondary N) is 1. The Kier molecular flexibility index (Phi) is 5.01. The van der Waals surface area contributed by atoms with Crippen molar-refractivity contribution in [1.82, 2.24) is 14.8 Å². The second kappa shape index (κ2) is 8.00. The number of nitrogens with zero attached hydrogens (tertiary/aromatic N) is 3. The maximum absolute atomic E-state index is 13.1. The Bertz CT molecular complexity index is 1330. The maximum atomic E-state index is 13.1. The average molecular weight is 428 g/mol. The number of rotatable bonds is 5. The number of carbonyl (C=O) groups excluding carboxylic acids is 1. The molecule has 7 nitrogen and oxygen atoms in total. The van der Waals surface area contributed by atoms with Crippen LogP contribution in [-0.4, -0.2) is 34.9 Å². The van der Waals surface area contributed by atoms with Gasteiger partial charge in [0.2, 0.25) is 5.91 Å². The molecule has 2 aromatic carbocycles. The van der Waals surface area contributed by atoms with Gasteiger partial charge in [-0.3, -0.25) is 9.48 Å². The molecule has 162 valence electrons. The zero-order valence-corrected chi connectivity index (χ0v) is 18.3. The number of pyridine rings is 1. The van der Waals surface area contributed by atoms with Crippen molar-refractivity contribution in [2.75, 3.05) is 19.5 Å². The van der Waals surface area contributed by atoms with Gasteiger partial charge in [0.25, 0.3) is 0 Å². The minimum Gasteiger partial charge on any atom is -0.493 e. The Balaban J connectivity index is 1.41. The lowest BCUT2D eigenvalue weighted by Crippen LogP contribution is -2.20. The molecule has 0 saturated heterocycles. The molecule has 7 heteroatoms. The number of aromatic nitrogens is 3. The predicted octanol–water partition coefficient (Wildman–Crippen LogP) is 4.32. The summed E-state index contributed by atoms with van der Waals surface area (Å²) in [6.45, 7) is 0. The first-order chi connectivity index (χ1) is 15.6. The number of fused-ring (bicyclic) bond motifs is 2. The monoisotopic (exact) mass is 428 g/mol. The van der Waals surface area contributed by atoms with Crippen LogP contribution in [0.15, 0.2) is 55.0 Å². The van der Waals surface area contributed by atoms with E-state index in [9.17, 15) is 4.79 Å². The van der Waals surface area contributed by atoms with Gasteiger partial charge in [-0.15, -0.1) is 0 Å². The van der Waals surface area contributed by atoms with E-state index in [0.29, 0.717) is 17.3 Å². The molecule has 0 saturated carbocycles. The van der Waals surface area contributed by atoms with Crippen LogP contribution in [0.2, 0.25) is 0 Å². The number of ether oxygens (including phenoxy) is 2. The number of carbonyl (C=O) groups is 1. The van der Waals surface area contributed by atoms with Crippen molar-refractivity contribution < 1.29 is 14.3 Å². The summed E-state index contributed by atoms with van der Waals surface area (Å²) in [6, 6.07) is 11.9. The van der Waals surface area contributed by atoms with E-state index in [2.05, 4.69) is 27.5 Å². The van der Waals surface area contributed by atoms with E-state index in [1.54, 1.807) is 25.1 Å². The fourth-order valence-electron chi connectivity index (χ4n) is 4.48. The molecule has 32 heavy (non-hydrogen) atoms. The molecule has 5 rings (SSSR count). The van der Waals surface area contributed by atoms with Crippen LogP contribution in [0.25, 0.3) is 21.9 Å². The van der Waals surface area contributed by atoms with Gasteiger partial charge in [0.05, 0.1) is 26.3 Å². The van der Waals surface area contributed by atoms with Crippen molar-refractivity contribution in [2.24, 2.45) is 7.05 Å². The molecule has 1 unspecified atom stereocenters. The smallest absolute Gasteiger partial charge is 0.233 e. The van der Waals surface area contributed by atoms with Gasteiger partial charge in [0.15, 0.2) is 11.5 Å². The molecular formula is C25H24N4O3. The third kappa shape index (κ3) is 3.45. The lowest BCUT2D eigenvalue weighted by atomic mass is 9.99. The van der Waals surface area contributed by atoms with E-state index < -0.39 is 0 Å². The van der Waals surface area contributed by atoms with Crippen LogP contribution in [0.3, 0.4) is 0 Å². The van der Waals surface area contributed by atoms with Gasteiger partial charge in [-0.2, -0.15) is 5.10 Å². The normalized spacial score (nSPS) is 14.9. The van der Waals surface area contributed by atoms with E-state index >= 15 is 0 Å². The van der Waals surface area contributed by atoms with E-state index in [0.717, 1.165) is 45.9 Å². The van der Waals surface area contributed by atoms with Crippen molar-refractivity contribution in [1.29, 1.82) is 0 Å². The Labute approximate surface area is 186 Å². The zero-order valence-electron chi connectivity index (χ0n) is 18.3. The van der Waals surface area contributed by atoms with Crippen molar-refractivity contribution in [3.8, 4) is 22.6 Å². The molecule has 1 aliphatic carbocycles. The third-order valence-corrected chi connectivity index (χ3v) is 6.07. The van der Waals surface area contributed by atoms with Gasteiger partial charge < -0.3 is 14.8 Å². The van der Waals surface area contributed by atoms with Gasteiger partial charge in [0, 0.05) is 36.0 Å². The number of hydrogen-bond donors (Lipinski definition) is 1. The van der Waals surface area contributed by atoms with Crippen LogP contribution in [0.5, 0.6) is 11.5 Å². The second-order valence-corrected chi connectivity index (χ2v) is 7.98. The van der Waals surface area contributed by atoms with E-state index in [4.69, 9.17) is 9.47 Å². The Morgan fingerprint density at radius 2 is 1.94 bits per heavy atom. The average Bonchev–Trinajstić information content (AvgIpc) is 3.44. The first-order valence-corrected chi connectivity index (χ1v) is 10.5. The SMILES string of the molecule is COc1ccc2c(c1OC)CCC2C(=O)Nc1cc2cc(-c3cnn(C)c3)ccc2cn1. The van der Waals surface area contributed by atoms with Crippen LogP contribution in [0, 0.1) is 0 Å². The minimum atomic E-state index is -0.246. The standard InChI is InChI=1S/C25H24N4O3/c1-29-14-18(13-27-29)15-4-5-16-12-26-23(11-17(16)10-15)28-25(30)21-7-6-20-19(21)8-9-22(31-2)24(20)32-3/h4-5,8-14,21H,6-7H2,1-3H3,(H,26,28,30). The highest BCUT2D eigenvalue weighted by molar-refractivity contribution is 5.98. The summed E-state index contributed by atoms with van der Waals surface area (Å²) < 4.78 is 12.7. The molecule has 0 fully saturated rings. The molecule has 4 aromatic rings. The number of anilines is 1. The van der Waals surface area contributed by atoms with E-state index in [1.165, 1.54) is 0 Å². The van der Waals surface area contributed by atoms with Crippen LogP contribution < -0.4 is 14.8 Å². The van der Waals surface area contributed by atoms with Crippen molar-refractivity contribution in [2.45, 2.75) is 18.8 Å². The largest absolute Gasteiger partial charge is 0.493 e. The van der Waals surface area contributed by atoms with Crippen LogP contribution in [0.4, 0.5) is 5.82 Å². The molecule has 0 bridgehead atoms. The van der Waals surface area contributed by atoms with Gasteiger partial charge >= 0.3 is 0 Å². The highest BCUT2D eigenvalue weighted by Crippen LogP contribution is 2.43. The number of amides is 1. The molecule has 1 amide bonds. The lowest BCUT2D eigenvalue weighted by molar-refractivity contribution is -0.117. The molecule has 0 radical (unpaired) electrons. The molecular weight excluding hydrogens is 404 g/mol. The quantitative estimate of drug-likeness (QED) is 0.512. The number of methoxy groups -OCH3 is 2. The Morgan fingerprint density at radius 1 is 1.06 bits per heavy atom. The van der Waals surface area contributed by atoms with Crippen molar-refractivity contribution in [3.05, 3.63) is 66.1 Å². The van der Waals surface area contributed by atoms with Crippen LogP contribution in [0.1, 0.15) is 23.5 Å². The Morgan fingerprint density at radius 3 is 2.69 bits per heavy atom. The van der Waals surface area contributed by atoms with Crippen LogP contribution >= 0.6 is 0 Å². The van der Waals surface area contributed by atoms with Gasteiger partial charge in [-0.25, -0.2) is 4.98 Å². The summed E-state index contributed by atoms with van der Waals surface area (Å²) in [4.78, 5) is 17.6. The van der Waals surface area contributed by atoms with Gasteiger partial charge in [-0.1, -0.05) is 18.2 Å². The molecule has 2 heterocycles. The fourth-order valence-corrected chi connectivity index (χ4v) is 4.48. The predicted molar refractivity (Wildman–Crippen MR) is 123 cm³/mol. The molecule has 0 aliphatic heterocycles. The first-order valence-electron chi connectivity index (χ1n) is 10.5. The lowest BCUT2D eigenvalue weighted by Gasteiger charge is -2.15. The molecule has 1 N–H and O–H groups in total. The topological polar surface area (TPSA) is 78.3 Å². The highest BCUT2D eigenvalue weighted by atomic mass is 16.5. The third-order valence-electron chi connectivity index (χ3n) is 6.07. The Hall–Kier alpha value is -3.87. The minimum absolute atomic E-state index is 0.0637. The van der Waals surface area contributed by atoms with E-state index in [1.807, 2.05) is 43.7 Å². The summed E-state index contributed by atoms with van der Waals surface area (Å²) in [5.41, 5.74) is 4.14. The second-order valence-electron chi connectivity index (χ2n) is 7.98. The summed E-state index contributed by atoms with van der Waals surface area (Å²) in [5.74, 6) is 1.63. The van der Waals surface area contributed by atoms with Crippen LogP contribution in [-0.2, 0) is 18.3 Å². The number of benzene rings is 2.